The topological polar surface area (TPSA) is 160 Å². The molecule has 0 unspecified atom stereocenters. The highest BCUT2D eigenvalue weighted by molar-refractivity contribution is 7.89. The number of rotatable bonds is 10. The van der Waals surface area contributed by atoms with Crippen LogP contribution in [0, 0.1) is 0 Å². The van der Waals surface area contributed by atoms with E-state index in [1.54, 1.807) is 12.1 Å². The van der Waals surface area contributed by atoms with Gasteiger partial charge < -0.3 is 21.7 Å². The lowest BCUT2D eigenvalue weighted by Gasteiger charge is -2.24. The number of benzene rings is 2. The normalized spacial score (nSPS) is 16.0. The van der Waals surface area contributed by atoms with Gasteiger partial charge in [-0.15, -0.1) is 0 Å². The van der Waals surface area contributed by atoms with E-state index < -0.39 is 28.5 Å². The van der Waals surface area contributed by atoms with Gasteiger partial charge in [0.1, 0.15) is 6.04 Å². The van der Waals surface area contributed by atoms with Gasteiger partial charge in [0.15, 0.2) is 5.96 Å². The molecule has 3 rings (SSSR count). The van der Waals surface area contributed by atoms with Crippen molar-refractivity contribution in [2.75, 3.05) is 26.2 Å². The van der Waals surface area contributed by atoms with E-state index in [1.165, 1.54) is 11.0 Å². The monoisotopic (exact) mass is 474 g/mol. The van der Waals surface area contributed by atoms with Crippen LogP contribution < -0.4 is 21.5 Å². The fourth-order valence-electron chi connectivity index (χ4n) is 3.79. The fourth-order valence-corrected chi connectivity index (χ4v) is 4.80. The van der Waals surface area contributed by atoms with Crippen molar-refractivity contribution < 1.29 is 18.0 Å². The third kappa shape index (κ3) is 6.65. The molecule has 2 aromatic carbocycles. The molecule has 1 fully saturated rings. The Bertz CT molecular complexity index is 1130. The van der Waals surface area contributed by atoms with E-state index in [1.807, 2.05) is 24.3 Å². The minimum Gasteiger partial charge on any atom is -0.370 e. The fraction of sp³-hybridized carbons (Fsp3) is 0.409. The highest BCUT2D eigenvalue weighted by atomic mass is 32.2. The number of amides is 2. The summed E-state index contributed by atoms with van der Waals surface area (Å²) in [4.78, 5) is 30.7. The van der Waals surface area contributed by atoms with E-state index >= 15 is 0 Å². The molecule has 0 spiro atoms. The van der Waals surface area contributed by atoms with Crippen molar-refractivity contribution in [2.24, 2.45) is 16.5 Å². The Morgan fingerprint density at radius 3 is 2.61 bits per heavy atom. The summed E-state index contributed by atoms with van der Waals surface area (Å²) in [7, 11) is -3.87. The lowest BCUT2D eigenvalue weighted by Crippen LogP contribution is -2.49. The number of aliphatic imine (C=N–C) groups is 1. The number of carbonyl (C=O) groups excluding carboxylic acids is 2. The molecule has 0 saturated carbocycles. The number of sulfonamides is 1. The molecule has 0 aromatic heterocycles. The van der Waals surface area contributed by atoms with Crippen molar-refractivity contribution in [3.05, 3.63) is 42.5 Å². The molecule has 0 bridgehead atoms. The number of nitrogens with one attached hydrogen (secondary N) is 2. The highest BCUT2D eigenvalue weighted by Crippen LogP contribution is 2.20. The van der Waals surface area contributed by atoms with Gasteiger partial charge in [0.2, 0.25) is 21.8 Å². The van der Waals surface area contributed by atoms with Gasteiger partial charge in [0, 0.05) is 19.6 Å². The average Bonchev–Trinajstić information content (AvgIpc) is 3.29. The zero-order valence-corrected chi connectivity index (χ0v) is 19.2. The van der Waals surface area contributed by atoms with Crippen molar-refractivity contribution in [2.45, 2.75) is 36.6 Å². The van der Waals surface area contributed by atoms with Gasteiger partial charge in [0.05, 0.1) is 11.4 Å². The van der Waals surface area contributed by atoms with Crippen molar-refractivity contribution >= 4 is 38.6 Å². The first-order valence-corrected chi connectivity index (χ1v) is 12.4. The van der Waals surface area contributed by atoms with Crippen LogP contribution in [-0.4, -0.2) is 63.3 Å². The third-order valence-electron chi connectivity index (χ3n) is 5.50. The van der Waals surface area contributed by atoms with Crippen LogP contribution in [0.2, 0.25) is 0 Å². The Balaban J connectivity index is 1.52. The quantitative estimate of drug-likeness (QED) is 0.220. The molecule has 2 amide bonds. The maximum atomic E-state index is 12.7. The van der Waals surface area contributed by atoms with Crippen molar-refractivity contribution in [3.63, 3.8) is 0 Å². The lowest BCUT2D eigenvalue weighted by atomic mass is 10.1. The molecule has 33 heavy (non-hydrogen) atoms. The number of hydrogen-bond donors (Lipinski definition) is 4. The third-order valence-corrected chi connectivity index (χ3v) is 6.90. The number of guanidine groups is 1. The summed E-state index contributed by atoms with van der Waals surface area (Å²) in [5, 5.41) is 4.55. The van der Waals surface area contributed by atoms with Crippen LogP contribution in [0.15, 0.2) is 52.4 Å². The molecule has 1 atom stereocenters. The standard InChI is InChI=1S/C22H30N6O4S/c23-22(24)26-12-4-3-11-25-21(30)19-8-5-13-28(19)20(29)15-27-33(31,32)18-10-9-16-6-1-2-7-17(16)14-18/h1-2,6-7,9-10,14,19,27H,3-5,8,11-13,15H2,(H,25,30)(H4,23,24,26)/t19-/m0/s1. The van der Waals surface area contributed by atoms with Gasteiger partial charge in [-0.3, -0.25) is 14.6 Å². The van der Waals surface area contributed by atoms with Crippen LogP contribution in [0.5, 0.6) is 0 Å². The molecule has 178 valence electrons. The van der Waals surface area contributed by atoms with Gasteiger partial charge in [-0.2, -0.15) is 0 Å². The molecule has 0 radical (unpaired) electrons. The van der Waals surface area contributed by atoms with Gasteiger partial charge in [-0.05, 0) is 48.6 Å². The number of hydrogen-bond acceptors (Lipinski definition) is 5. The van der Waals surface area contributed by atoms with Crippen LogP contribution in [0.3, 0.4) is 0 Å². The summed E-state index contributed by atoms with van der Waals surface area (Å²) in [5.41, 5.74) is 10.5. The first-order valence-electron chi connectivity index (χ1n) is 10.9. The van der Waals surface area contributed by atoms with Crippen molar-refractivity contribution in [1.29, 1.82) is 0 Å². The molecular weight excluding hydrogens is 444 g/mol. The summed E-state index contributed by atoms with van der Waals surface area (Å²) in [6, 6.07) is 11.6. The summed E-state index contributed by atoms with van der Waals surface area (Å²) in [6.07, 6.45) is 2.66. The van der Waals surface area contributed by atoms with Gasteiger partial charge in [-0.25, -0.2) is 13.1 Å². The molecule has 0 aliphatic carbocycles. The maximum absolute atomic E-state index is 12.7. The number of carbonyl (C=O) groups is 2. The second-order valence-corrected chi connectivity index (χ2v) is 9.65. The molecule has 10 nitrogen and oxygen atoms in total. The van der Waals surface area contributed by atoms with E-state index in [0.29, 0.717) is 38.9 Å². The second-order valence-electron chi connectivity index (χ2n) is 7.88. The van der Waals surface area contributed by atoms with E-state index in [0.717, 1.165) is 17.2 Å². The van der Waals surface area contributed by atoms with Crippen LogP contribution in [0.25, 0.3) is 10.8 Å². The first kappa shape index (κ1) is 24.5. The molecular formula is C22H30N6O4S. The second kappa shape index (κ2) is 11.1. The minimum atomic E-state index is -3.87. The van der Waals surface area contributed by atoms with Crippen molar-refractivity contribution in [3.8, 4) is 0 Å². The van der Waals surface area contributed by atoms with E-state index in [4.69, 9.17) is 11.5 Å². The summed E-state index contributed by atoms with van der Waals surface area (Å²) in [5.74, 6) is -0.625. The molecule has 1 aliphatic rings. The van der Waals surface area contributed by atoms with Crippen LogP contribution in [-0.2, 0) is 19.6 Å². The SMILES string of the molecule is NC(N)=NCCCCNC(=O)[C@@H]1CCCN1C(=O)CNS(=O)(=O)c1ccc2ccccc2c1. The number of likely N-dealkylation sites (tertiary alicyclic amines) is 1. The van der Waals surface area contributed by atoms with E-state index in [-0.39, 0.29) is 16.8 Å². The van der Waals surface area contributed by atoms with E-state index in [2.05, 4.69) is 15.0 Å². The zero-order chi connectivity index (χ0) is 23.8. The highest BCUT2D eigenvalue weighted by Gasteiger charge is 2.34. The summed E-state index contributed by atoms with van der Waals surface area (Å²) < 4.78 is 27.8. The summed E-state index contributed by atoms with van der Waals surface area (Å²) in [6.45, 7) is 0.951. The molecule has 2 aromatic rings. The Hall–Kier alpha value is -3.18. The number of fused-ring (bicyclic) bond motifs is 1. The first-order chi connectivity index (χ1) is 15.8. The number of nitrogens with two attached hydrogens (primary N) is 2. The molecule has 6 N–H and O–H groups in total. The predicted molar refractivity (Wildman–Crippen MR) is 127 cm³/mol. The molecule has 11 heteroatoms. The Kier molecular flexibility index (Phi) is 8.23. The summed E-state index contributed by atoms with van der Waals surface area (Å²) >= 11 is 0. The number of unbranched alkanes of at least 4 members (excludes halogenated alkanes) is 1. The van der Waals surface area contributed by atoms with Gasteiger partial charge in [-0.1, -0.05) is 30.3 Å². The average molecular weight is 475 g/mol. The minimum absolute atomic E-state index is 0.0374. The van der Waals surface area contributed by atoms with Gasteiger partial charge in [0.25, 0.3) is 0 Å². The Morgan fingerprint density at radius 2 is 1.85 bits per heavy atom. The van der Waals surface area contributed by atoms with Crippen LogP contribution >= 0.6 is 0 Å². The van der Waals surface area contributed by atoms with Gasteiger partial charge >= 0.3 is 0 Å². The van der Waals surface area contributed by atoms with E-state index in [9.17, 15) is 18.0 Å². The molecule has 1 heterocycles. The smallest absolute Gasteiger partial charge is 0.242 e. The Labute approximate surface area is 193 Å². The van der Waals surface area contributed by atoms with Crippen molar-refractivity contribution in [1.82, 2.24) is 14.9 Å². The Morgan fingerprint density at radius 1 is 1.09 bits per heavy atom. The molecule has 1 aliphatic heterocycles. The largest absolute Gasteiger partial charge is 0.370 e. The number of nitrogens with zero attached hydrogens (tertiary/aromatic N) is 2. The molecule has 1 saturated heterocycles. The zero-order valence-electron chi connectivity index (χ0n) is 18.4. The predicted octanol–water partition coefficient (Wildman–Crippen LogP) is 0.279. The lowest BCUT2D eigenvalue weighted by molar-refractivity contribution is -0.137. The van der Waals surface area contributed by atoms with Crippen LogP contribution in [0.4, 0.5) is 0 Å². The van der Waals surface area contributed by atoms with Crippen LogP contribution in [0.1, 0.15) is 25.7 Å². The maximum Gasteiger partial charge on any atom is 0.242 e.